The number of nitrogens with zero attached hydrogens (tertiary/aromatic N) is 2. The Morgan fingerprint density at radius 1 is 1.22 bits per heavy atom. The highest BCUT2D eigenvalue weighted by atomic mass is 35.5. The van der Waals surface area contributed by atoms with E-state index in [4.69, 9.17) is 17.3 Å². The van der Waals surface area contributed by atoms with Gasteiger partial charge in [-0.1, -0.05) is 23.7 Å². The summed E-state index contributed by atoms with van der Waals surface area (Å²) >= 11 is 6.02. The molecule has 23 heavy (non-hydrogen) atoms. The van der Waals surface area contributed by atoms with E-state index in [2.05, 4.69) is 5.32 Å². The Bertz CT molecular complexity index is 578. The first kappa shape index (κ1) is 17.7. The van der Waals surface area contributed by atoms with Gasteiger partial charge < -0.3 is 16.0 Å². The normalized spacial score (nSPS) is 16.3. The third kappa shape index (κ3) is 4.92. The van der Waals surface area contributed by atoms with E-state index in [0.29, 0.717) is 36.9 Å². The number of halogens is 1. The maximum Gasteiger partial charge on any atom is 0.242 e. The highest BCUT2D eigenvalue weighted by Gasteiger charge is 2.30. The highest BCUT2D eigenvalue weighted by Crippen LogP contribution is 2.20. The molecule has 0 bridgehead atoms. The highest BCUT2D eigenvalue weighted by molar-refractivity contribution is 6.33. The van der Waals surface area contributed by atoms with Crippen molar-refractivity contribution in [2.75, 3.05) is 38.0 Å². The molecular weight excluding hydrogens is 316 g/mol. The van der Waals surface area contributed by atoms with E-state index in [1.807, 2.05) is 17.0 Å². The van der Waals surface area contributed by atoms with Gasteiger partial charge >= 0.3 is 0 Å². The van der Waals surface area contributed by atoms with Crippen molar-refractivity contribution in [1.29, 1.82) is 0 Å². The van der Waals surface area contributed by atoms with Crippen molar-refractivity contribution in [3.8, 4) is 0 Å². The van der Waals surface area contributed by atoms with Gasteiger partial charge in [0.15, 0.2) is 0 Å². The summed E-state index contributed by atoms with van der Waals surface area (Å²) in [7, 11) is 0. The second-order valence-electron chi connectivity index (χ2n) is 6.32. The Labute approximate surface area is 141 Å². The number of para-hydroxylation sites is 1. The molecule has 1 aliphatic rings. The Hall–Kier alpha value is -1.63. The van der Waals surface area contributed by atoms with Crippen LogP contribution in [-0.2, 0) is 9.59 Å². The number of nitrogens with one attached hydrogen (secondary N) is 1. The predicted octanol–water partition coefficient (Wildman–Crippen LogP) is 1.16. The molecule has 7 heteroatoms. The number of amides is 2. The maximum atomic E-state index is 12.1. The van der Waals surface area contributed by atoms with Gasteiger partial charge in [0.1, 0.15) is 0 Å². The fourth-order valence-corrected chi connectivity index (χ4v) is 2.65. The molecule has 0 aromatic heterocycles. The zero-order valence-electron chi connectivity index (χ0n) is 13.5. The fraction of sp³-hybridized carbons (Fsp3) is 0.500. The molecule has 1 aromatic rings. The van der Waals surface area contributed by atoms with Crippen LogP contribution in [-0.4, -0.2) is 59.9 Å². The molecule has 0 spiro atoms. The van der Waals surface area contributed by atoms with Crippen molar-refractivity contribution in [2.45, 2.75) is 19.4 Å². The molecule has 2 rings (SSSR count). The molecule has 2 amide bonds. The third-order valence-corrected chi connectivity index (χ3v) is 4.06. The van der Waals surface area contributed by atoms with E-state index in [0.717, 1.165) is 0 Å². The topological polar surface area (TPSA) is 78.7 Å². The van der Waals surface area contributed by atoms with Crippen LogP contribution in [0, 0.1) is 0 Å². The van der Waals surface area contributed by atoms with Crippen LogP contribution in [0.3, 0.4) is 0 Å². The maximum absolute atomic E-state index is 12.1. The molecular formula is C16H23ClN4O2. The van der Waals surface area contributed by atoms with Gasteiger partial charge in [-0.2, -0.15) is 0 Å². The zero-order chi connectivity index (χ0) is 17.0. The second-order valence-corrected chi connectivity index (χ2v) is 6.73. The van der Waals surface area contributed by atoms with Crippen LogP contribution in [0.4, 0.5) is 5.69 Å². The van der Waals surface area contributed by atoms with Gasteiger partial charge in [-0.25, -0.2) is 0 Å². The van der Waals surface area contributed by atoms with Crippen LogP contribution in [0.15, 0.2) is 24.3 Å². The first-order chi connectivity index (χ1) is 10.8. The quantitative estimate of drug-likeness (QED) is 0.863. The molecule has 1 aromatic carbocycles. The molecule has 0 atom stereocenters. The minimum atomic E-state index is -0.858. The molecule has 0 aliphatic carbocycles. The predicted molar refractivity (Wildman–Crippen MR) is 91.4 cm³/mol. The molecule has 1 fully saturated rings. The number of benzene rings is 1. The molecule has 1 heterocycles. The van der Waals surface area contributed by atoms with E-state index in [1.54, 1.807) is 30.9 Å². The largest absolute Gasteiger partial charge is 0.339 e. The van der Waals surface area contributed by atoms with Gasteiger partial charge in [-0.3, -0.25) is 14.5 Å². The van der Waals surface area contributed by atoms with Crippen molar-refractivity contribution in [3.05, 3.63) is 29.3 Å². The van der Waals surface area contributed by atoms with Crippen LogP contribution in [0.1, 0.15) is 13.8 Å². The lowest BCUT2D eigenvalue weighted by Gasteiger charge is -2.37. The van der Waals surface area contributed by atoms with Crippen molar-refractivity contribution in [3.63, 3.8) is 0 Å². The first-order valence-electron chi connectivity index (χ1n) is 7.62. The molecule has 126 valence electrons. The van der Waals surface area contributed by atoms with E-state index >= 15 is 0 Å². The number of carbonyl (C=O) groups is 2. The number of anilines is 1. The molecule has 6 nitrogen and oxygen atoms in total. The number of rotatable bonds is 4. The number of hydrogen-bond acceptors (Lipinski definition) is 4. The summed E-state index contributed by atoms with van der Waals surface area (Å²) in [6.07, 6.45) is 0. The van der Waals surface area contributed by atoms with Gasteiger partial charge in [0.2, 0.25) is 11.8 Å². The van der Waals surface area contributed by atoms with Crippen LogP contribution in [0.2, 0.25) is 5.02 Å². The molecule has 1 aliphatic heterocycles. The Morgan fingerprint density at radius 3 is 2.39 bits per heavy atom. The summed E-state index contributed by atoms with van der Waals surface area (Å²) in [5, 5.41) is 3.32. The average molecular weight is 339 g/mol. The number of piperazine rings is 1. The Balaban J connectivity index is 1.81. The Morgan fingerprint density at radius 2 is 1.83 bits per heavy atom. The lowest BCUT2D eigenvalue weighted by Crippen LogP contribution is -2.57. The molecule has 0 radical (unpaired) electrons. The Kier molecular flexibility index (Phi) is 5.62. The summed E-state index contributed by atoms with van der Waals surface area (Å²) in [4.78, 5) is 28.0. The smallest absolute Gasteiger partial charge is 0.242 e. The van der Waals surface area contributed by atoms with Crippen LogP contribution >= 0.6 is 11.6 Å². The summed E-state index contributed by atoms with van der Waals surface area (Å²) in [6.45, 7) is 6.16. The lowest BCUT2D eigenvalue weighted by molar-refractivity contribution is -0.137. The number of hydrogen-bond donors (Lipinski definition) is 2. The zero-order valence-corrected chi connectivity index (χ0v) is 14.3. The summed E-state index contributed by atoms with van der Waals surface area (Å²) in [6, 6.07) is 7.13. The van der Waals surface area contributed by atoms with E-state index < -0.39 is 5.54 Å². The minimum absolute atomic E-state index is 0.0577. The van der Waals surface area contributed by atoms with Gasteiger partial charge in [-0.05, 0) is 26.0 Å². The molecule has 3 N–H and O–H groups in total. The van der Waals surface area contributed by atoms with Crippen molar-refractivity contribution >= 4 is 29.1 Å². The second kappa shape index (κ2) is 7.29. The van der Waals surface area contributed by atoms with E-state index in [1.165, 1.54) is 0 Å². The summed E-state index contributed by atoms with van der Waals surface area (Å²) < 4.78 is 0. The fourth-order valence-electron chi connectivity index (χ4n) is 2.47. The van der Waals surface area contributed by atoms with Gasteiger partial charge in [-0.15, -0.1) is 0 Å². The average Bonchev–Trinajstić information content (AvgIpc) is 2.49. The van der Waals surface area contributed by atoms with Crippen molar-refractivity contribution in [2.24, 2.45) is 5.73 Å². The lowest BCUT2D eigenvalue weighted by atomic mass is 10.0. The summed E-state index contributed by atoms with van der Waals surface area (Å²) in [5.74, 6) is -0.172. The SMILES string of the molecule is CC(C)(N)C(=O)N1CCN(CC(=O)Nc2ccccc2Cl)CC1. The van der Waals surface area contributed by atoms with Gasteiger partial charge in [0.25, 0.3) is 0 Å². The molecule has 0 saturated carbocycles. The van der Waals surface area contributed by atoms with Gasteiger partial charge in [0.05, 0.1) is 22.8 Å². The van der Waals surface area contributed by atoms with Crippen molar-refractivity contribution in [1.82, 2.24) is 9.80 Å². The summed E-state index contributed by atoms with van der Waals surface area (Å²) in [5.41, 5.74) is 5.60. The van der Waals surface area contributed by atoms with Crippen LogP contribution in [0.5, 0.6) is 0 Å². The monoisotopic (exact) mass is 338 g/mol. The number of carbonyl (C=O) groups excluding carboxylic acids is 2. The standard InChI is InChI=1S/C16H23ClN4O2/c1-16(2,18)15(23)21-9-7-20(8-10-21)11-14(22)19-13-6-4-3-5-12(13)17/h3-6H,7-11,18H2,1-2H3,(H,19,22). The molecule has 0 unspecified atom stereocenters. The third-order valence-electron chi connectivity index (χ3n) is 3.73. The first-order valence-corrected chi connectivity index (χ1v) is 8.00. The van der Waals surface area contributed by atoms with Crippen LogP contribution in [0.25, 0.3) is 0 Å². The van der Waals surface area contributed by atoms with E-state index in [-0.39, 0.29) is 18.4 Å². The number of nitrogens with two attached hydrogens (primary N) is 1. The minimum Gasteiger partial charge on any atom is -0.339 e. The molecule has 1 saturated heterocycles. The van der Waals surface area contributed by atoms with Gasteiger partial charge in [0, 0.05) is 26.2 Å². The van der Waals surface area contributed by atoms with E-state index in [9.17, 15) is 9.59 Å². The van der Waals surface area contributed by atoms with Crippen LogP contribution < -0.4 is 11.1 Å². The van der Waals surface area contributed by atoms with Crippen molar-refractivity contribution < 1.29 is 9.59 Å².